The smallest absolute Gasteiger partial charge is 0.270 e. The summed E-state index contributed by atoms with van der Waals surface area (Å²) in [6.45, 7) is 8.90. The molecule has 0 aromatic heterocycles. The zero-order valence-corrected chi connectivity index (χ0v) is 13.4. The van der Waals surface area contributed by atoms with Gasteiger partial charge in [-0.2, -0.15) is 0 Å². The second-order valence-corrected chi connectivity index (χ2v) is 4.47. The van der Waals surface area contributed by atoms with Gasteiger partial charge < -0.3 is 15.5 Å². The van der Waals surface area contributed by atoms with Crippen LogP contribution in [0.5, 0.6) is 0 Å². The zero-order chi connectivity index (χ0) is 16.4. The first kappa shape index (κ1) is 19.1. The molecule has 1 aromatic carbocycles. The summed E-state index contributed by atoms with van der Waals surface area (Å²) in [5, 5.41) is 22.0. The van der Waals surface area contributed by atoms with Gasteiger partial charge in [-0.3, -0.25) is 10.1 Å². The highest BCUT2D eigenvalue weighted by Crippen LogP contribution is 2.24. The van der Waals surface area contributed by atoms with Gasteiger partial charge in [-0.05, 0) is 12.0 Å². The van der Waals surface area contributed by atoms with Gasteiger partial charge >= 0.3 is 0 Å². The molecule has 0 saturated carbocycles. The Labute approximate surface area is 126 Å². The molecule has 0 radical (unpaired) electrons. The second-order valence-electron chi connectivity index (χ2n) is 4.47. The zero-order valence-electron chi connectivity index (χ0n) is 13.4. The summed E-state index contributed by atoms with van der Waals surface area (Å²) >= 11 is 0. The van der Waals surface area contributed by atoms with Crippen LogP contribution in [0.3, 0.4) is 0 Å². The molecule has 6 heteroatoms. The van der Waals surface area contributed by atoms with E-state index in [0.29, 0.717) is 24.4 Å². The van der Waals surface area contributed by atoms with E-state index in [9.17, 15) is 10.1 Å². The Hall–Kier alpha value is -1.95. The van der Waals surface area contributed by atoms with E-state index in [4.69, 9.17) is 10.1 Å². The normalized spacial score (nSPS) is 9.81. The summed E-state index contributed by atoms with van der Waals surface area (Å²) in [5.74, 6) is 0.00461. The highest BCUT2D eigenvalue weighted by atomic mass is 16.6. The minimum absolute atomic E-state index is 0.00214. The highest BCUT2D eigenvalue weighted by Gasteiger charge is 2.16. The molecule has 2 N–H and O–H groups in total. The lowest BCUT2D eigenvalue weighted by atomic mass is 9.98. The highest BCUT2D eigenvalue weighted by molar-refractivity contribution is 6.04. The van der Waals surface area contributed by atoms with Crippen LogP contribution < -0.4 is 5.32 Å². The van der Waals surface area contributed by atoms with Gasteiger partial charge in [-0.25, -0.2) is 0 Å². The van der Waals surface area contributed by atoms with Gasteiger partial charge in [-0.1, -0.05) is 27.7 Å². The van der Waals surface area contributed by atoms with Crippen molar-refractivity contribution in [2.45, 2.75) is 27.7 Å². The van der Waals surface area contributed by atoms with Gasteiger partial charge in [0.25, 0.3) is 5.69 Å². The summed E-state index contributed by atoms with van der Waals surface area (Å²) in [6, 6.07) is 4.52. The Kier molecular flexibility index (Phi) is 8.96. The Morgan fingerprint density at radius 3 is 2.52 bits per heavy atom. The number of hydrogen-bond donors (Lipinski definition) is 2. The van der Waals surface area contributed by atoms with Crippen LogP contribution in [-0.2, 0) is 4.74 Å². The molecule has 0 amide bonds. The average Bonchev–Trinajstić information content (AvgIpc) is 2.48. The van der Waals surface area contributed by atoms with Crippen molar-refractivity contribution in [1.29, 1.82) is 5.41 Å². The lowest BCUT2D eigenvalue weighted by Gasteiger charge is -2.14. The number of nitrogens with zero attached hydrogens (tertiary/aromatic N) is 1. The molecule has 0 aliphatic carbocycles. The van der Waals surface area contributed by atoms with Crippen LogP contribution in [0.2, 0.25) is 0 Å². The van der Waals surface area contributed by atoms with Crippen molar-refractivity contribution in [1.82, 2.24) is 0 Å². The van der Waals surface area contributed by atoms with Crippen molar-refractivity contribution >= 4 is 17.1 Å². The molecule has 0 bridgehead atoms. The van der Waals surface area contributed by atoms with Gasteiger partial charge in [0.1, 0.15) is 0 Å². The Morgan fingerprint density at radius 1 is 1.43 bits per heavy atom. The first-order valence-corrected chi connectivity index (χ1v) is 7.07. The van der Waals surface area contributed by atoms with Crippen LogP contribution in [0.4, 0.5) is 11.4 Å². The molecular formula is C15H25N3O3. The second kappa shape index (κ2) is 9.88. The van der Waals surface area contributed by atoms with Gasteiger partial charge in [0.05, 0.1) is 11.5 Å². The van der Waals surface area contributed by atoms with Crippen molar-refractivity contribution in [3.8, 4) is 0 Å². The summed E-state index contributed by atoms with van der Waals surface area (Å²) in [4.78, 5) is 10.4. The molecule has 0 fully saturated rings. The largest absolute Gasteiger partial charge is 0.383 e. The predicted molar refractivity (Wildman–Crippen MR) is 86.5 cm³/mol. The molecule has 21 heavy (non-hydrogen) atoms. The molecule has 0 heterocycles. The van der Waals surface area contributed by atoms with E-state index >= 15 is 0 Å². The van der Waals surface area contributed by atoms with E-state index in [1.807, 2.05) is 27.7 Å². The molecule has 0 aliphatic rings. The quantitative estimate of drug-likeness (QED) is 0.347. The number of methoxy groups -OCH3 is 1. The van der Waals surface area contributed by atoms with E-state index in [1.165, 1.54) is 12.1 Å². The molecule has 0 saturated heterocycles. The Morgan fingerprint density at radius 2 is 2.05 bits per heavy atom. The van der Waals surface area contributed by atoms with Crippen LogP contribution in [-0.4, -0.2) is 30.9 Å². The number of benzene rings is 1. The van der Waals surface area contributed by atoms with Crippen molar-refractivity contribution in [3.05, 3.63) is 33.9 Å². The molecule has 0 unspecified atom stereocenters. The minimum Gasteiger partial charge on any atom is -0.383 e. The van der Waals surface area contributed by atoms with E-state index in [1.54, 1.807) is 13.2 Å². The molecule has 118 valence electrons. The number of rotatable bonds is 7. The first-order chi connectivity index (χ1) is 9.97. The Balaban J connectivity index is 0.00000191. The van der Waals surface area contributed by atoms with Gasteiger partial charge in [0.15, 0.2) is 0 Å². The summed E-state index contributed by atoms with van der Waals surface area (Å²) in [5.41, 5.74) is 1.67. The van der Waals surface area contributed by atoms with E-state index < -0.39 is 4.92 Å². The lowest BCUT2D eigenvalue weighted by Crippen LogP contribution is -2.14. The van der Waals surface area contributed by atoms with Crippen molar-refractivity contribution < 1.29 is 9.66 Å². The topological polar surface area (TPSA) is 88.2 Å². The van der Waals surface area contributed by atoms with E-state index in [-0.39, 0.29) is 11.6 Å². The molecule has 1 aromatic rings. The number of nitrogens with one attached hydrogen (secondary N) is 2. The van der Waals surface area contributed by atoms with E-state index in [0.717, 1.165) is 5.69 Å². The SMILES string of the molecule is CC.COCCNc1ccc([N+](=O)[O-])cc1C(=N)C(C)C. The maximum atomic E-state index is 10.8. The maximum Gasteiger partial charge on any atom is 0.270 e. The average molecular weight is 295 g/mol. The maximum absolute atomic E-state index is 10.8. The summed E-state index contributed by atoms with van der Waals surface area (Å²) in [6.07, 6.45) is 0. The number of nitro benzene ring substituents is 1. The van der Waals surface area contributed by atoms with Gasteiger partial charge in [0, 0.05) is 42.7 Å². The number of hydrogen-bond acceptors (Lipinski definition) is 5. The fraction of sp³-hybridized carbons (Fsp3) is 0.533. The summed E-state index contributed by atoms with van der Waals surface area (Å²) < 4.78 is 4.95. The molecule has 0 aliphatic heterocycles. The molecule has 1 rings (SSSR count). The molecular weight excluding hydrogens is 270 g/mol. The van der Waals surface area contributed by atoms with E-state index in [2.05, 4.69) is 5.32 Å². The van der Waals surface area contributed by atoms with Crippen molar-refractivity contribution in [2.75, 3.05) is 25.6 Å². The van der Waals surface area contributed by atoms with Crippen molar-refractivity contribution in [3.63, 3.8) is 0 Å². The number of non-ortho nitro benzene ring substituents is 1. The fourth-order valence-corrected chi connectivity index (χ4v) is 1.62. The van der Waals surface area contributed by atoms with Crippen molar-refractivity contribution in [2.24, 2.45) is 5.92 Å². The van der Waals surface area contributed by atoms with Crippen LogP contribution in [0.1, 0.15) is 33.3 Å². The van der Waals surface area contributed by atoms with Crippen LogP contribution in [0.15, 0.2) is 18.2 Å². The Bertz CT molecular complexity index is 473. The number of ether oxygens (including phenoxy) is 1. The minimum atomic E-state index is -0.448. The predicted octanol–water partition coefficient (Wildman–Crippen LogP) is 3.70. The first-order valence-electron chi connectivity index (χ1n) is 7.07. The molecule has 0 atom stereocenters. The third-order valence-electron chi connectivity index (χ3n) is 2.70. The number of anilines is 1. The fourth-order valence-electron chi connectivity index (χ4n) is 1.62. The van der Waals surface area contributed by atoms with Crippen LogP contribution in [0, 0.1) is 21.4 Å². The summed E-state index contributed by atoms with van der Waals surface area (Å²) in [7, 11) is 1.61. The standard InChI is InChI=1S/C13H19N3O3.C2H6/c1-9(2)13(14)11-8-10(16(17)18)4-5-12(11)15-6-7-19-3;1-2/h4-5,8-9,14-15H,6-7H2,1-3H3;1-2H3. The third-order valence-corrected chi connectivity index (χ3v) is 2.70. The van der Waals surface area contributed by atoms with Gasteiger partial charge in [-0.15, -0.1) is 0 Å². The monoisotopic (exact) mass is 295 g/mol. The lowest BCUT2D eigenvalue weighted by molar-refractivity contribution is -0.384. The molecule has 6 nitrogen and oxygen atoms in total. The van der Waals surface area contributed by atoms with Crippen LogP contribution in [0.25, 0.3) is 0 Å². The van der Waals surface area contributed by atoms with Gasteiger partial charge in [0.2, 0.25) is 0 Å². The third kappa shape index (κ3) is 5.91. The van der Waals surface area contributed by atoms with Crippen LogP contribution >= 0.6 is 0 Å². The molecule has 0 spiro atoms. The number of nitro groups is 1.